The van der Waals surface area contributed by atoms with E-state index in [1.807, 2.05) is 19.0 Å². The third-order valence-electron chi connectivity index (χ3n) is 5.54. The molecule has 8 heteroatoms. The van der Waals surface area contributed by atoms with Crippen molar-refractivity contribution in [2.24, 2.45) is 0 Å². The van der Waals surface area contributed by atoms with Crippen LogP contribution in [0.4, 0.5) is 0 Å². The van der Waals surface area contributed by atoms with Gasteiger partial charge in [0.1, 0.15) is 11.5 Å². The fraction of sp³-hybridized carbons (Fsp3) is 0.333. The van der Waals surface area contributed by atoms with Gasteiger partial charge in [-0.3, -0.25) is 9.59 Å². The molecule has 2 aromatic carbocycles. The van der Waals surface area contributed by atoms with Crippen LogP contribution in [-0.4, -0.2) is 73.1 Å². The molecule has 1 aliphatic heterocycles. The Morgan fingerprint density at radius 3 is 2.41 bits per heavy atom. The topological polar surface area (TPSA) is 99.5 Å². The number of nitrogens with zero attached hydrogens (tertiary/aromatic N) is 2. The molecule has 3 rings (SSSR count). The SMILES string of the molecule is COc1ccc(/C(O)=C2/C(=O)C(=O)N(CCN(C)C)C2c2ccc(O)c(OC)c2)c(C)c1. The lowest BCUT2D eigenvalue weighted by molar-refractivity contribution is -0.140. The number of hydrogen-bond donors (Lipinski definition) is 2. The van der Waals surface area contributed by atoms with Gasteiger partial charge in [0.15, 0.2) is 11.5 Å². The number of methoxy groups -OCH3 is 2. The van der Waals surface area contributed by atoms with Crippen molar-refractivity contribution in [3.8, 4) is 17.2 Å². The maximum absolute atomic E-state index is 13.1. The fourth-order valence-corrected chi connectivity index (χ4v) is 3.80. The number of phenolic OH excluding ortho intramolecular Hbond substituents is 1. The minimum atomic E-state index is -0.828. The van der Waals surface area contributed by atoms with Crippen molar-refractivity contribution in [3.63, 3.8) is 0 Å². The molecule has 2 N–H and O–H groups in total. The number of aryl methyl sites for hydroxylation is 1. The molecule has 0 saturated carbocycles. The van der Waals surface area contributed by atoms with Crippen molar-refractivity contribution in [2.75, 3.05) is 41.4 Å². The van der Waals surface area contributed by atoms with Gasteiger partial charge in [0.25, 0.3) is 11.7 Å². The molecule has 1 aliphatic rings. The average molecular weight is 440 g/mol. The van der Waals surface area contributed by atoms with Crippen LogP contribution < -0.4 is 9.47 Å². The number of likely N-dealkylation sites (tertiary alicyclic amines) is 1. The Labute approximate surface area is 187 Å². The van der Waals surface area contributed by atoms with E-state index in [2.05, 4.69) is 0 Å². The lowest BCUT2D eigenvalue weighted by Crippen LogP contribution is -2.35. The molecule has 1 atom stereocenters. The number of hydrogen-bond acceptors (Lipinski definition) is 7. The molecule has 2 aromatic rings. The molecule has 0 spiro atoms. The highest BCUT2D eigenvalue weighted by Gasteiger charge is 2.46. The second-order valence-electron chi connectivity index (χ2n) is 7.91. The van der Waals surface area contributed by atoms with Gasteiger partial charge in [-0.1, -0.05) is 6.07 Å². The number of ether oxygens (including phenoxy) is 2. The van der Waals surface area contributed by atoms with Crippen LogP contribution in [0.1, 0.15) is 22.7 Å². The van der Waals surface area contributed by atoms with Crippen molar-refractivity contribution in [1.29, 1.82) is 0 Å². The summed E-state index contributed by atoms with van der Waals surface area (Å²) < 4.78 is 10.4. The Kier molecular flexibility index (Phi) is 6.74. The van der Waals surface area contributed by atoms with Gasteiger partial charge in [0.05, 0.1) is 25.8 Å². The monoisotopic (exact) mass is 440 g/mol. The van der Waals surface area contributed by atoms with Crippen LogP contribution >= 0.6 is 0 Å². The van der Waals surface area contributed by atoms with E-state index in [0.717, 1.165) is 0 Å². The van der Waals surface area contributed by atoms with Gasteiger partial charge in [0, 0.05) is 18.7 Å². The summed E-state index contributed by atoms with van der Waals surface area (Å²) in [5, 5.41) is 21.2. The zero-order valence-corrected chi connectivity index (χ0v) is 18.9. The number of aromatic hydroxyl groups is 1. The highest BCUT2D eigenvalue weighted by atomic mass is 16.5. The van der Waals surface area contributed by atoms with Crippen molar-refractivity contribution in [2.45, 2.75) is 13.0 Å². The van der Waals surface area contributed by atoms with E-state index in [0.29, 0.717) is 29.0 Å². The predicted molar refractivity (Wildman–Crippen MR) is 120 cm³/mol. The number of amides is 1. The van der Waals surface area contributed by atoms with E-state index >= 15 is 0 Å². The Morgan fingerprint density at radius 2 is 1.81 bits per heavy atom. The number of aliphatic hydroxyl groups excluding tert-OH is 1. The van der Waals surface area contributed by atoms with Crippen LogP contribution in [0.25, 0.3) is 5.76 Å². The quantitative estimate of drug-likeness (QED) is 0.388. The maximum atomic E-state index is 13.1. The first-order valence-corrected chi connectivity index (χ1v) is 10.1. The first kappa shape index (κ1) is 23.1. The summed E-state index contributed by atoms with van der Waals surface area (Å²) >= 11 is 0. The number of carbonyl (C=O) groups is 2. The summed E-state index contributed by atoms with van der Waals surface area (Å²) in [6.07, 6.45) is 0. The molecule has 1 fully saturated rings. The molecule has 8 nitrogen and oxygen atoms in total. The van der Waals surface area contributed by atoms with Crippen molar-refractivity contribution >= 4 is 17.4 Å². The summed E-state index contributed by atoms with van der Waals surface area (Å²) in [5.41, 5.74) is 1.68. The van der Waals surface area contributed by atoms with Crippen LogP contribution in [0, 0.1) is 6.92 Å². The molecule has 1 amide bonds. The summed E-state index contributed by atoms with van der Waals surface area (Å²) in [5.74, 6) is -0.933. The average Bonchev–Trinajstić information content (AvgIpc) is 3.02. The fourth-order valence-electron chi connectivity index (χ4n) is 3.80. The van der Waals surface area contributed by atoms with Crippen molar-refractivity contribution in [1.82, 2.24) is 9.80 Å². The van der Waals surface area contributed by atoms with E-state index in [9.17, 15) is 19.8 Å². The number of Topliss-reactive ketones (excluding diaryl/α,β-unsaturated/α-hetero) is 1. The first-order valence-electron chi connectivity index (χ1n) is 10.1. The van der Waals surface area contributed by atoms with Gasteiger partial charge < -0.3 is 29.5 Å². The number of ketones is 1. The normalized spacial score (nSPS) is 17.8. The third-order valence-corrected chi connectivity index (χ3v) is 5.54. The molecule has 32 heavy (non-hydrogen) atoms. The lowest BCUT2D eigenvalue weighted by Gasteiger charge is -2.27. The molecule has 0 radical (unpaired) electrons. The van der Waals surface area contributed by atoms with Gasteiger partial charge in [-0.25, -0.2) is 0 Å². The lowest BCUT2D eigenvalue weighted by atomic mass is 9.93. The number of likely N-dealkylation sites (N-methyl/N-ethyl adjacent to an activating group) is 1. The molecule has 1 unspecified atom stereocenters. The maximum Gasteiger partial charge on any atom is 0.295 e. The van der Waals surface area contributed by atoms with E-state index < -0.39 is 17.7 Å². The molecule has 0 aromatic heterocycles. The number of aliphatic hydroxyl groups is 1. The van der Waals surface area contributed by atoms with Gasteiger partial charge >= 0.3 is 0 Å². The Balaban J connectivity index is 2.20. The Bertz CT molecular complexity index is 1080. The second-order valence-corrected chi connectivity index (χ2v) is 7.91. The van der Waals surface area contributed by atoms with Gasteiger partial charge in [-0.15, -0.1) is 0 Å². The standard InChI is InChI=1S/C24H28N2O6/c1-14-12-16(31-4)7-8-17(14)22(28)20-21(15-6-9-18(27)19(13-15)32-5)26(11-10-25(2)3)24(30)23(20)29/h6-9,12-13,21,27-28H,10-11H2,1-5H3/b22-20-. The van der Waals surface area contributed by atoms with Crippen molar-refractivity contribution < 1.29 is 29.3 Å². The summed E-state index contributed by atoms with van der Waals surface area (Å²) in [6, 6.07) is 8.89. The molecule has 1 heterocycles. The zero-order chi connectivity index (χ0) is 23.6. The highest BCUT2D eigenvalue weighted by molar-refractivity contribution is 6.46. The number of carbonyl (C=O) groups excluding carboxylic acids is 2. The molecule has 1 saturated heterocycles. The van der Waals surface area contributed by atoms with Gasteiger partial charge in [0.2, 0.25) is 0 Å². The predicted octanol–water partition coefficient (Wildman–Crippen LogP) is 2.70. The second kappa shape index (κ2) is 9.32. The van der Waals surface area contributed by atoms with E-state index in [1.54, 1.807) is 44.4 Å². The van der Waals surface area contributed by atoms with Crippen LogP contribution in [-0.2, 0) is 9.59 Å². The Morgan fingerprint density at radius 1 is 1.09 bits per heavy atom. The number of rotatable bonds is 7. The van der Waals surface area contributed by atoms with E-state index in [4.69, 9.17) is 9.47 Å². The van der Waals surface area contributed by atoms with Crippen LogP contribution in [0.2, 0.25) is 0 Å². The smallest absolute Gasteiger partial charge is 0.295 e. The Hall–Kier alpha value is -3.52. The summed E-state index contributed by atoms with van der Waals surface area (Å²) in [6.45, 7) is 2.60. The summed E-state index contributed by atoms with van der Waals surface area (Å²) in [7, 11) is 6.71. The van der Waals surface area contributed by atoms with Crippen LogP contribution in [0.3, 0.4) is 0 Å². The van der Waals surface area contributed by atoms with Crippen LogP contribution in [0.5, 0.6) is 17.2 Å². The summed E-state index contributed by atoms with van der Waals surface area (Å²) in [4.78, 5) is 29.4. The zero-order valence-electron chi connectivity index (χ0n) is 18.9. The number of benzene rings is 2. The molecule has 0 bridgehead atoms. The first-order chi connectivity index (χ1) is 15.2. The van der Waals surface area contributed by atoms with E-state index in [1.165, 1.54) is 18.1 Å². The minimum absolute atomic E-state index is 0.00485. The van der Waals surface area contributed by atoms with Gasteiger partial charge in [-0.2, -0.15) is 0 Å². The largest absolute Gasteiger partial charge is 0.507 e. The van der Waals surface area contributed by atoms with Crippen molar-refractivity contribution in [3.05, 3.63) is 58.7 Å². The van der Waals surface area contributed by atoms with Crippen LogP contribution in [0.15, 0.2) is 42.0 Å². The third kappa shape index (κ3) is 4.27. The van der Waals surface area contributed by atoms with E-state index in [-0.39, 0.29) is 29.4 Å². The highest BCUT2D eigenvalue weighted by Crippen LogP contribution is 2.42. The number of phenols is 1. The molecule has 170 valence electrons. The minimum Gasteiger partial charge on any atom is -0.507 e. The molecular formula is C24H28N2O6. The van der Waals surface area contributed by atoms with Gasteiger partial charge in [-0.05, 0) is 62.5 Å². The molecular weight excluding hydrogens is 412 g/mol. The molecule has 0 aliphatic carbocycles.